The minimum Gasteiger partial charge on any atom is -0.506 e. The Morgan fingerprint density at radius 1 is 1.17 bits per heavy atom. The maximum atomic E-state index is 11.9. The number of hydrogen-bond donors (Lipinski definition) is 3. The number of hydrogen-bond acceptors (Lipinski definition) is 7. The van der Waals surface area contributed by atoms with Crippen LogP contribution >= 0.6 is 11.6 Å². The molecule has 0 aliphatic carbocycles. The van der Waals surface area contributed by atoms with Crippen LogP contribution in [-0.2, 0) is 14.8 Å². The smallest absolute Gasteiger partial charge is 0.279 e. The number of nitrogens with zero attached hydrogens (tertiary/aromatic N) is 2. The van der Waals surface area contributed by atoms with Crippen molar-refractivity contribution in [2.45, 2.75) is 4.90 Å². The fourth-order valence-corrected chi connectivity index (χ4v) is 3.41. The first-order valence-corrected chi connectivity index (χ1v) is 10.0. The van der Waals surface area contributed by atoms with Crippen molar-refractivity contribution in [3.63, 3.8) is 0 Å². The highest BCUT2D eigenvalue weighted by molar-refractivity contribution is 7.89. The number of phenolic OH excluding ortho intramolecular Hbond substituents is 1. The van der Waals surface area contributed by atoms with Crippen LogP contribution in [-0.4, -0.2) is 26.0 Å². The standard InChI is InChI=1S/C18H15ClN4O5S/c19-12-6-8-15(16(9-12)29(20,26)27)28-10-17(25)21-23-22-18-13-4-2-1-3-11(13)5-7-14(18)24/h1-9,24H,10H2,(H2,20,26,27)(H,21,22,25). The Kier molecular flexibility index (Phi) is 5.97. The van der Waals surface area contributed by atoms with Gasteiger partial charge in [0, 0.05) is 10.4 Å². The maximum Gasteiger partial charge on any atom is 0.279 e. The lowest BCUT2D eigenvalue weighted by molar-refractivity contribution is -0.123. The SMILES string of the molecule is NS(=O)(=O)c1cc(Cl)ccc1OCC(=O)NN=Nc1c(O)ccc2ccccc12. The number of ether oxygens (including phenoxy) is 1. The molecule has 0 aliphatic heterocycles. The largest absolute Gasteiger partial charge is 0.506 e. The Hall–Kier alpha value is -3.21. The van der Waals surface area contributed by atoms with E-state index in [1.165, 1.54) is 18.2 Å². The van der Waals surface area contributed by atoms with Gasteiger partial charge in [-0.3, -0.25) is 4.79 Å². The van der Waals surface area contributed by atoms with E-state index in [4.69, 9.17) is 21.5 Å². The molecule has 3 aromatic carbocycles. The van der Waals surface area contributed by atoms with Gasteiger partial charge in [-0.25, -0.2) is 19.0 Å². The number of phenols is 1. The van der Waals surface area contributed by atoms with Crippen LogP contribution in [0.5, 0.6) is 11.5 Å². The summed E-state index contributed by atoms with van der Waals surface area (Å²) in [5.41, 5.74) is 2.33. The Labute approximate surface area is 170 Å². The number of carbonyl (C=O) groups excluding carboxylic acids is 1. The molecule has 29 heavy (non-hydrogen) atoms. The Morgan fingerprint density at radius 2 is 1.93 bits per heavy atom. The molecule has 11 heteroatoms. The third-order valence-corrected chi connectivity index (χ3v) is 4.94. The first-order chi connectivity index (χ1) is 13.8. The fraction of sp³-hybridized carbons (Fsp3) is 0.0556. The third-order valence-electron chi connectivity index (χ3n) is 3.78. The van der Waals surface area contributed by atoms with E-state index < -0.39 is 22.5 Å². The van der Waals surface area contributed by atoms with Gasteiger partial charge in [0.15, 0.2) is 6.61 Å². The maximum absolute atomic E-state index is 11.9. The summed E-state index contributed by atoms with van der Waals surface area (Å²) in [5, 5.41) is 24.2. The second-order valence-corrected chi connectivity index (χ2v) is 7.78. The second-order valence-electron chi connectivity index (χ2n) is 5.81. The number of sulfonamides is 1. The van der Waals surface area contributed by atoms with E-state index in [2.05, 4.69) is 15.8 Å². The molecular weight excluding hydrogens is 420 g/mol. The van der Waals surface area contributed by atoms with E-state index in [1.807, 2.05) is 12.1 Å². The first kappa shape index (κ1) is 20.5. The number of carbonyl (C=O) groups is 1. The van der Waals surface area contributed by atoms with Crippen LogP contribution in [0.3, 0.4) is 0 Å². The molecule has 3 rings (SSSR count). The van der Waals surface area contributed by atoms with Crippen LogP contribution in [0.1, 0.15) is 0 Å². The predicted octanol–water partition coefficient (Wildman–Crippen LogP) is 3.04. The quantitative estimate of drug-likeness (QED) is 0.403. The second kappa shape index (κ2) is 8.43. The summed E-state index contributed by atoms with van der Waals surface area (Å²) in [6, 6.07) is 14.2. The number of rotatable bonds is 6. The number of nitrogens with one attached hydrogen (secondary N) is 1. The van der Waals surface area contributed by atoms with Gasteiger partial charge in [-0.05, 0) is 29.7 Å². The van der Waals surface area contributed by atoms with Crippen molar-refractivity contribution in [1.29, 1.82) is 0 Å². The molecule has 0 saturated carbocycles. The zero-order valence-corrected chi connectivity index (χ0v) is 16.3. The Morgan fingerprint density at radius 3 is 2.69 bits per heavy atom. The summed E-state index contributed by atoms with van der Waals surface area (Å²) in [6.45, 7) is -0.551. The van der Waals surface area contributed by atoms with Gasteiger partial charge in [0.1, 0.15) is 22.1 Å². The normalized spacial score (nSPS) is 11.7. The minimum atomic E-state index is -4.09. The number of halogens is 1. The Balaban J connectivity index is 1.69. The van der Waals surface area contributed by atoms with Gasteiger partial charge in [0.25, 0.3) is 5.91 Å². The summed E-state index contributed by atoms with van der Waals surface area (Å²) in [4.78, 5) is 11.6. The molecule has 4 N–H and O–H groups in total. The van der Waals surface area contributed by atoms with Crippen LogP contribution in [0.4, 0.5) is 5.69 Å². The highest BCUT2D eigenvalue weighted by Gasteiger charge is 2.17. The number of benzene rings is 3. The van der Waals surface area contributed by atoms with E-state index >= 15 is 0 Å². The van der Waals surface area contributed by atoms with Gasteiger partial charge in [-0.1, -0.05) is 47.2 Å². The van der Waals surface area contributed by atoms with E-state index in [9.17, 15) is 18.3 Å². The number of aromatic hydroxyl groups is 1. The van der Waals surface area contributed by atoms with E-state index in [0.29, 0.717) is 5.39 Å². The van der Waals surface area contributed by atoms with E-state index in [-0.39, 0.29) is 27.1 Å². The molecular formula is C18H15ClN4O5S. The van der Waals surface area contributed by atoms with Crippen LogP contribution in [0.15, 0.2) is 69.8 Å². The lowest BCUT2D eigenvalue weighted by Gasteiger charge is -2.09. The number of primary sulfonamides is 1. The monoisotopic (exact) mass is 434 g/mol. The zero-order valence-electron chi connectivity index (χ0n) is 14.7. The van der Waals surface area contributed by atoms with Crippen molar-refractivity contribution in [2.24, 2.45) is 15.5 Å². The summed E-state index contributed by atoms with van der Waals surface area (Å²) in [7, 11) is -4.09. The molecule has 0 unspecified atom stereocenters. The summed E-state index contributed by atoms with van der Waals surface area (Å²) >= 11 is 5.76. The lowest BCUT2D eigenvalue weighted by atomic mass is 10.1. The van der Waals surface area contributed by atoms with Crippen molar-refractivity contribution < 1.29 is 23.1 Å². The zero-order chi connectivity index (χ0) is 21.0. The number of amides is 1. The Bertz CT molecular complexity index is 1210. The average Bonchev–Trinajstić information content (AvgIpc) is 2.68. The average molecular weight is 435 g/mol. The van der Waals surface area contributed by atoms with E-state index in [0.717, 1.165) is 11.5 Å². The summed E-state index contributed by atoms with van der Waals surface area (Å²) < 4.78 is 28.4. The van der Waals surface area contributed by atoms with Crippen LogP contribution in [0, 0.1) is 0 Å². The van der Waals surface area contributed by atoms with Gasteiger partial charge < -0.3 is 9.84 Å². The van der Waals surface area contributed by atoms with Gasteiger partial charge in [-0.15, -0.1) is 5.11 Å². The molecule has 0 fully saturated rings. The molecule has 0 spiro atoms. The van der Waals surface area contributed by atoms with Crippen LogP contribution in [0.25, 0.3) is 10.8 Å². The number of fused-ring (bicyclic) bond motifs is 1. The lowest BCUT2D eigenvalue weighted by Crippen LogP contribution is -2.25. The van der Waals surface area contributed by atoms with Crippen molar-refractivity contribution in [3.05, 3.63) is 59.6 Å². The molecule has 0 bridgehead atoms. The predicted molar refractivity (Wildman–Crippen MR) is 107 cm³/mol. The first-order valence-electron chi connectivity index (χ1n) is 8.11. The van der Waals surface area contributed by atoms with Crippen LogP contribution in [0.2, 0.25) is 5.02 Å². The van der Waals surface area contributed by atoms with Crippen molar-refractivity contribution in [3.8, 4) is 11.5 Å². The molecule has 0 atom stereocenters. The molecule has 1 amide bonds. The van der Waals surface area contributed by atoms with Crippen molar-refractivity contribution in [1.82, 2.24) is 5.43 Å². The van der Waals surface area contributed by atoms with Crippen molar-refractivity contribution in [2.75, 3.05) is 6.61 Å². The van der Waals surface area contributed by atoms with Gasteiger partial charge in [0.2, 0.25) is 10.0 Å². The molecule has 3 aromatic rings. The van der Waals surface area contributed by atoms with Gasteiger partial charge in [0.05, 0.1) is 0 Å². The molecule has 0 saturated heterocycles. The van der Waals surface area contributed by atoms with E-state index in [1.54, 1.807) is 18.2 Å². The molecule has 150 valence electrons. The molecule has 0 aliphatic rings. The number of nitrogens with two attached hydrogens (primary N) is 1. The minimum absolute atomic E-state index is 0.100. The van der Waals surface area contributed by atoms with Crippen LogP contribution < -0.4 is 15.3 Å². The molecule has 0 aromatic heterocycles. The topological polar surface area (TPSA) is 143 Å². The third kappa shape index (κ3) is 4.99. The highest BCUT2D eigenvalue weighted by Crippen LogP contribution is 2.34. The summed E-state index contributed by atoms with van der Waals surface area (Å²) in [5.74, 6) is -0.934. The summed E-state index contributed by atoms with van der Waals surface area (Å²) in [6.07, 6.45) is 0. The van der Waals surface area contributed by atoms with Gasteiger partial charge >= 0.3 is 0 Å². The highest BCUT2D eigenvalue weighted by atomic mass is 35.5. The molecule has 9 nitrogen and oxygen atoms in total. The molecule has 0 heterocycles. The van der Waals surface area contributed by atoms with Gasteiger partial charge in [-0.2, -0.15) is 0 Å². The fourth-order valence-electron chi connectivity index (χ4n) is 2.48. The van der Waals surface area contributed by atoms with Crippen molar-refractivity contribution >= 4 is 44.0 Å². The molecule has 0 radical (unpaired) electrons.